The summed E-state index contributed by atoms with van der Waals surface area (Å²) < 4.78 is 5.19. The van der Waals surface area contributed by atoms with Crippen LogP contribution in [0.2, 0.25) is 0 Å². The van der Waals surface area contributed by atoms with Crippen molar-refractivity contribution in [1.29, 1.82) is 0 Å². The zero-order chi connectivity index (χ0) is 13.9. The van der Waals surface area contributed by atoms with E-state index in [9.17, 15) is 0 Å². The van der Waals surface area contributed by atoms with Crippen molar-refractivity contribution in [2.75, 3.05) is 25.1 Å². The topological polar surface area (TPSA) is 51.4 Å². The smallest absolute Gasteiger partial charge is 0.185 e. The average Bonchev–Trinajstić information content (AvgIpc) is 2.83. The van der Waals surface area contributed by atoms with E-state index in [0.29, 0.717) is 18.6 Å². The van der Waals surface area contributed by atoms with Gasteiger partial charge in [0.05, 0.1) is 12.3 Å². The molecule has 1 saturated heterocycles. The van der Waals surface area contributed by atoms with Crippen LogP contribution in [-0.2, 0) is 17.9 Å². The normalized spacial score (nSPS) is 18.8. The van der Waals surface area contributed by atoms with Gasteiger partial charge in [-0.1, -0.05) is 20.3 Å². The van der Waals surface area contributed by atoms with E-state index in [2.05, 4.69) is 18.7 Å². The number of anilines is 1. The van der Waals surface area contributed by atoms with Crippen molar-refractivity contribution in [2.24, 2.45) is 11.1 Å². The van der Waals surface area contributed by atoms with Crippen LogP contribution in [0.5, 0.6) is 0 Å². The molecule has 0 amide bonds. The molecule has 19 heavy (non-hydrogen) atoms. The van der Waals surface area contributed by atoms with Crippen LogP contribution in [0.1, 0.15) is 43.7 Å². The van der Waals surface area contributed by atoms with Gasteiger partial charge in [0.25, 0.3) is 0 Å². The molecule has 2 rings (SSSR count). The summed E-state index contributed by atoms with van der Waals surface area (Å²) in [4.78, 5) is 8.26. The van der Waals surface area contributed by atoms with Crippen LogP contribution < -0.4 is 10.6 Å². The molecular weight excluding hydrogens is 258 g/mol. The van der Waals surface area contributed by atoms with Crippen LogP contribution in [0.4, 0.5) is 5.13 Å². The number of methoxy groups -OCH3 is 1. The van der Waals surface area contributed by atoms with Crippen LogP contribution in [0.15, 0.2) is 0 Å². The lowest BCUT2D eigenvalue weighted by Gasteiger charge is -2.38. The fourth-order valence-electron chi connectivity index (χ4n) is 2.51. The van der Waals surface area contributed by atoms with Gasteiger partial charge in [-0.2, -0.15) is 0 Å². The molecule has 0 atom stereocenters. The molecule has 1 fully saturated rings. The summed E-state index contributed by atoms with van der Waals surface area (Å²) in [6.45, 7) is 8.01. The summed E-state index contributed by atoms with van der Waals surface area (Å²) >= 11 is 1.72. The Morgan fingerprint density at radius 2 is 2.11 bits per heavy atom. The number of rotatable bonds is 5. The fourth-order valence-corrected chi connectivity index (χ4v) is 3.50. The van der Waals surface area contributed by atoms with E-state index in [0.717, 1.165) is 28.8 Å². The van der Waals surface area contributed by atoms with Crippen LogP contribution in [-0.4, -0.2) is 25.2 Å². The van der Waals surface area contributed by atoms with E-state index in [1.807, 2.05) is 0 Å². The monoisotopic (exact) mass is 283 g/mol. The molecule has 5 heteroatoms. The number of nitrogens with zero attached hydrogens (tertiary/aromatic N) is 2. The maximum Gasteiger partial charge on any atom is 0.185 e. The molecule has 0 radical (unpaired) electrons. The predicted octanol–water partition coefficient (Wildman–Crippen LogP) is 2.76. The molecule has 4 nitrogen and oxygen atoms in total. The SMILES string of the molecule is CCC1(C)CCN(c2nc(COC)c(CN)s2)CC1. The maximum absolute atomic E-state index is 5.78. The maximum atomic E-state index is 5.78. The second kappa shape index (κ2) is 6.20. The number of thiazole rings is 1. The molecule has 1 aromatic heterocycles. The van der Waals surface area contributed by atoms with E-state index in [-0.39, 0.29) is 0 Å². The van der Waals surface area contributed by atoms with Crippen molar-refractivity contribution < 1.29 is 4.74 Å². The largest absolute Gasteiger partial charge is 0.378 e. The number of nitrogens with two attached hydrogens (primary N) is 1. The third-order valence-corrected chi connectivity index (χ3v) is 5.51. The van der Waals surface area contributed by atoms with Gasteiger partial charge in [-0.05, 0) is 18.3 Å². The zero-order valence-electron chi connectivity index (χ0n) is 12.2. The summed E-state index contributed by atoms with van der Waals surface area (Å²) in [7, 11) is 1.70. The molecule has 2 N–H and O–H groups in total. The van der Waals surface area contributed by atoms with Gasteiger partial charge in [0, 0.05) is 31.6 Å². The number of aromatic nitrogens is 1. The molecule has 1 aliphatic heterocycles. The van der Waals surface area contributed by atoms with Crippen molar-refractivity contribution in [1.82, 2.24) is 4.98 Å². The van der Waals surface area contributed by atoms with Gasteiger partial charge in [-0.15, -0.1) is 11.3 Å². The van der Waals surface area contributed by atoms with Gasteiger partial charge in [-0.3, -0.25) is 0 Å². The standard InChI is InChI=1S/C14H25N3OS/c1-4-14(2)5-7-17(8-6-14)13-16-11(10-18-3)12(9-15)19-13/h4-10,15H2,1-3H3. The predicted molar refractivity (Wildman–Crippen MR) is 80.6 cm³/mol. The van der Waals surface area contributed by atoms with Gasteiger partial charge in [0.15, 0.2) is 5.13 Å². The summed E-state index contributed by atoms with van der Waals surface area (Å²) in [5, 5.41) is 1.12. The molecule has 0 aromatic carbocycles. The Bertz CT molecular complexity index is 411. The number of hydrogen-bond donors (Lipinski definition) is 1. The third-order valence-electron chi connectivity index (χ3n) is 4.33. The summed E-state index contributed by atoms with van der Waals surface area (Å²) in [5.41, 5.74) is 7.31. The van der Waals surface area contributed by atoms with Crippen molar-refractivity contribution in [3.8, 4) is 0 Å². The average molecular weight is 283 g/mol. The summed E-state index contributed by atoms with van der Waals surface area (Å²) in [5.74, 6) is 0. The minimum atomic E-state index is 0.514. The first-order chi connectivity index (χ1) is 9.11. The van der Waals surface area contributed by atoms with E-state index in [4.69, 9.17) is 15.5 Å². The molecule has 1 aliphatic rings. The first-order valence-electron chi connectivity index (χ1n) is 7.04. The van der Waals surface area contributed by atoms with Crippen LogP contribution in [0, 0.1) is 5.41 Å². The molecular formula is C14H25N3OS. The second-order valence-corrected chi connectivity index (χ2v) is 6.72. The van der Waals surface area contributed by atoms with E-state index in [1.165, 1.54) is 19.3 Å². The fraction of sp³-hybridized carbons (Fsp3) is 0.786. The van der Waals surface area contributed by atoms with Crippen LogP contribution >= 0.6 is 11.3 Å². The van der Waals surface area contributed by atoms with Gasteiger partial charge in [0.1, 0.15) is 0 Å². The summed E-state index contributed by atoms with van der Waals surface area (Å²) in [6, 6.07) is 0. The lowest BCUT2D eigenvalue weighted by atomic mass is 9.78. The highest BCUT2D eigenvalue weighted by Gasteiger charge is 2.29. The van der Waals surface area contributed by atoms with Gasteiger partial charge in [0.2, 0.25) is 0 Å². The van der Waals surface area contributed by atoms with Crippen molar-refractivity contribution in [2.45, 2.75) is 46.3 Å². The Morgan fingerprint density at radius 1 is 1.42 bits per heavy atom. The van der Waals surface area contributed by atoms with Crippen molar-refractivity contribution >= 4 is 16.5 Å². The van der Waals surface area contributed by atoms with Gasteiger partial charge < -0.3 is 15.4 Å². The number of hydrogen-bond acceptors (Lipinski definition) is 5. The van der Waals surface area contributed by atoms with E-state index < -0.39 is 0 Å². The van der Waals surface area contributed by atoms with E-state index >= 15 is 0 Å². The molecule has 0 spiro atoms. The Labute approximate surface area is 120 Å². The number of ether oxygens (including phenoxy) is 1. The molecule has 108 valence electrons. The third kappa shape index (κ3) is 3.27. The highest BCUT2D eigenvalue weighted by molar-refractivity contribution is 7.15. The molecule has 1 aromatic rings. The van der Waals surface area contributed by atoms with Gasteiger partial charge >= 0.3 is 0 Å². The summed E-state index contributed by atoms with van der Waals surface area (Å²) in [6.07, 6.45) is 3.77. The Balaban J connectivity index is 2.07. The first kappa shape index (κ1) is 14.8. The lowest BCUT2D eigenvalue weighted by molar-refractivity contribution is 0.181. The Kier molecular flexibility index (Phi) is 4.81. The van der Waals surface area contributed by atoms with E-state index in [1.54, 1.807) is 18.4 Å². The number of piperidine rings is 1. The zero-order valence-corrected chi connectivity index (χ0v) is 13.1. The lowest BCUT2D eigenvalue weighted by Crippen LogP contribution is -2.38. The molecule has 0 unspecified atom stereocenters. The van der Waals surface area contributed by atoms with Gasteiger partial charge in [-0.25, -0.2) is 4.98 Å². The Morgan fingerprint density at radius 3 is 2.63 bits per heavy atom. The van der Waals surface area contributed by atoms with Crippen molar-refractivity contribution in [3.05, 3.63) is 10.6 Å². The van der Waals surface area contributed by atoms with Crippen LogP contribution in [0.25, 0.3) is 0 Å². The molecule has 2 heterocycles. The Hall–Kier alpha value is -0.650. The minimum absolute atomic E-state index is 0.514. The van der Waals surface area contributed by atoms with Crippen molar-refractivity contribution in [3.63, 3.8) is 0 Å². The molecule has 0 saturated carbocycles. The highest BCUT2D eigenvalue weighted by atomic mass is 32.1. The molecule has 0 bridgehead atoms. The molecule has 0 aliphatic carbocycles. The minimum Gasteiger partial charge on any atom is -0.378 e. The second-order valence-electron chi connectivity index (χ2n) is 5.65. The van der Waals surface area contributed by atoms with Crippen LogP contribution in [0.3, 0.4) is 0 Å². The highest BCUT2D eigenvalue weighted by Crippen LogP contribution is 2.37. The quantitative estimate of drug-likeness (QED) is 0.903. The first-order valence-corrected chi connectivity index (χ1v) is 7.86.